The van der Waals surface area contributed by atoms with Gasteiger partial charge in [-0.25, -0.2) is 14.6 Å². The monoisotopic (exact) mass is 402 g/mol. The van der Waals surface area contributed by atoms with Gasteiger partial charge in [0.2, 0.25) is 0 Å². The first kappa shape index (κ1) is 19.9. The number of anilines is 2. The molecule has 2 heterocycles. The predicted molar refractivity (Wildman–Crippen MR) is 110 cm³/mol. The number of benzene rings is 1. The number of rotatable bonds is 4. The molecule has 0 spiro atoms. The Bertz CT molecular complexity index is 880. The van der Waals surface area contributed by atoms with Gasteiger partial charge in [0.05, 0.1) is 10.6 Å². The van der Waals surface area contributed by atoms with Gasteiger partial charge in [-0.2, -0.15) is 0 Å². The van der Waals surface area contributed by atoms with Gasteiger partial charge in [-0.05, 0) is 23.6 Å². The second-order valence-electron chi connectivity index (χ2n) is 6.98. The van der Waals surface area contributed by atoms with E-state index in [0.29, 0.717) is 42.9 Å². The van der Waals surface area contributed by atoms with E-state index < -0.39 is 5.97 Å². The van der Waals surface area contributed by atoms with Crippen LogP contribution in [-0.2, 0) is 0 Å². The van der Waals surface area contributed by atoms with Gasteiger partial charge >= 0.3 is 12.0 Å². The zero-order valence-corrected chi connectivity index (χ0v) is 16.6. The molecule has 0 aliphatic carbocycles. The van der Waals surface area contributed by atoms with Gasteiger partial charge in [-0.1, -0.05) is 43.6 Å². The van der Waals surface area contributed by atoms with Crippen LogP contribution in [0.4, 0.5) is 16.3 Å². The number of hydrogen-bond donors (Lipinski definition) is 2. The molecule has 1 fully saturated rings. The summed E-state index contributed by atoms with van der Waals surface area (Å²) in [4.78, 5) is 31.6. The van der Waals surface area contributed by atoms with E-state index in [2.05, 4.69) is 24.1 Å². The van der Waals surface area contributed by atoms with E-state index in [0.717, 1.165) is 11.3 Å². The maximum Gasteiger partial charge on any atom is 0.337 e. The van der Waals surface area contributed by atoms with Crippen LogP contribution in [-0.4, -0.2) is 53.2 Å². The molecule has 28 heavy (non-hydrogen) atoms. The molecule has 1 aromatic heterocycles. The highest BCUT2D eigenvalue weighted by molar-refractivity contribution is 6.33. The average Bonchev–Trinajstić information content (AvgIpc) is 2.68. The number of urea groups is 1. The number of aromatic carboxylic acids is 1. The van der Waals surface area contributed by atoms with Crippen LogP contribution in [0.15, 0.2) is 36.5 Å². The normalized spacial score (nSPS) is 14.3. The average molecular weight is 403 g/mol. The molecule has 0 atom stereocenters. The topological polar surface area (TPSA) is 85.8 Å². The number of pyridine rings is 1. The molecule has 2 aromatic rings. The molecule has 0 unspecified atom stereocenters. The van der Waals surface area contributed by atoms with Crippen molar-refractivity contribution in [2.75, 3.05) is 36.4 Å². The number of para-hydroxylation sites is 1. The molecule has 1 aliphatic rings. The number of hydrogen-bond acceptors (Lipinski definition) is 4. The zero-order valence-electron chi connectivity index (χ0n) is 15.9. The molecule has 148 valence electrons. The minimum atomic E-state index is -1.07. The first-order valence-corrected chi connectivity index (χ1v) is 9.53. The first-order chi connectivity index (χ1) is 13.4. The molecule has 1 aromatic carbocycles. The number of aromatic nitrogens is 1. The molecule has 7 nitrogen and oxygen atoms in total. The molecule has 1 aliphatic heterocycles. The van der Waals surface area contributed by atoms with E-state index in [1.54, 1.807) is 4.90 Å². The van der Waals surface area contributed by atoms with E-state index in [4.69, 9.17) is 16.7 Å². The van der Waals surface area contributed by atoms with Crippen molar-refractivity contribution in [1.82, 2.24) is 9.88 Å². The van der Waals surface area contributed by atoms with Crippen LogP contribution in [0.3, 0.4) is 0 Å². The number of carboxylic acids is 1. The Morgan fingerprint density at radius 2 is 1.86 bits per heavy atom. The van der Waals surface area contributed by atoms with Gasteiger partial charge in [-0.15, -0.1) is 0 Å². The number of halogens is 1. The Kier molecular flexibility index (Phi) is 6.04. The molecule has 2 N–H and O–H groups in total. The summed E-state index contributed by atoms with van der Waals surface area (Å²) in [6.07, 6.45) is 1.30. The molecule has 0 radical (unpaired) electrons. The quantitative estimate of drug-likeness (QED) is 0.809. The van der Waals surface area contributed by atoms with E-state index in [-0.39, 0.29) is 11.6 Å². The van der Waals surface area contributed by atoms with E-state index in [1.165, 1.54) is 12.3 Å². The number of nitrogens with zero attached hydrogens (tertiary/aromatic N) is 3. The van der Waals surface area contributed by atoms with Crippen molar-refractivity contribution in [3.63, 3.8) is 0 Å². The third-order valence-electron chi connectivity index (χ3n) is 4.76. The van der Waals surface area contributed by atoms with Gasteiger partial charge in [0, 0.05) is 38.1 Å². The lowest BCUT2D eigenvalue weighted by Crippen LogP contribution is -2.50. The Balaban J connectivity index is 1.63. The van der Waals surface area contributed by atoms with Crippen molar-refractivity contribution >= 4 is 35.1 Å². The highest BCUT2D eigenvalue weighted by Crippen LogP contribution is 2.26. The fourth-order valence-electron chi connectivity index (χ4n) is 3.21. The number of carbonyl (C=O) groups is 2. The van der Waals surface area contributed by atoms with Crippen LogP contribution in [0.5, 0.6) is 0 Å². The zero-order chi connectivity index (χ0) is 20.3. The fourth-order valence-corrected chi connectivity index (χ4v) is 3.50. The van der Waals surface area contributed by atoms with Crippen molar-refractivity contribution in [2.45, 2.75) is 19.8 Å². The minimum absolute atomic E-state index is 0.0515. The summed E-state index contributed by atoms with van der Waals surface area (Å²) in [7, 11) is 0. The first-order valence-electron chi connectivity index (χ1n) is 9.15. The van der Waals surface area contributed by atoms with Crippen molar-refractivity contribution < 1.29 is 14.7 Å². The summed E-state index contributed by atoms with van der Waals surface area (Å²) in [5.74, 6) is -0.212. The summed E-state index contributed by atoms with van der Waals surface area (Å²) < 4.78 is 0. The molecule has 0 bridgehead atoms. The highest BCUT2D eigenvalue weighted by Gasteiger charge is 2.24. The minimum Gasteiger partial charge on any atom is -0.478 e. The Morgan fingerprint density at radius 1 is 1.18 bits per heavy atom. The summed E-state index contributed by atoms with van der Waals surface area (Å²) in [6.45, 7) is 6.37. The van der Waals surface area contributed by atoms with Crippen LogP contribution in [0.2, 0.25) is 5.02 Å². The Labute approximate surface area is 168 Å². The Hall–Kier alpha value is -2.80. The van der Waals surface area contributed by atoms with E-state index >= 15 is 0 Å². The van der Waals surface area contributed by atoms with Crippen LogP contribution in [0.25, 0.3) is 0 Å². The maximum absolute atomic E-state index is 12.7. The van der Waals surface area contributed by atoms with Crippen molar-refractivity contribution in [2.24, 2.45) is 0 Å². The summed E-state index contributed by atoms with van der Waals surface area (Å²) >= 11 is 6.20. The molecule has 1 saturated heterocycles. The largest absolute Gasteiger partial charge is 0.478 e. The van der Waals surface area contributed by atoms with Gasteiger partial charge in [0.15, 0.2) is 0 Å². The van der Waals surface area contributed by atoms with Gasteiger partial charge < -0.3 is 20.2 Å². The predicted octanol–water partition coefficient (Wildman–Crippen LogP) is 3.91. The fraction of sp³-hybridized carbons (Fsp3) is 0.350. The number of carboxylic acid groups (broad SMARTS) is 1. The number of piperazine rings is 1. The van der Waals surface area contributed by atoms with Crippen molar-refractivity contribution in [3.8, 4) is 0 Å². The van der Waals surface area contributed by atoms with Crippen molar-refractivity contribution in [3.05, 3.63) is 52.7 Å². The Morgan fingerprint density at radius 3 is 2.46 bits per heavy atom. The van der Waals surface area contributed by atoms with Crippen LogP contribution < -0.4 is 10.2 Å². The van der Waals surface area contributed by atoms with Gasteiger partial charge in [0.1, 0.15) is 5.82 Å². The third-order valence-corrected chi connectivity index (χ3v) is 5.04. The molecular weight excluding hydrogens is 380 g/mol. The highest BCUT2D eigenvalue weighted by atomic mass is 35.5. The lowest BCUT2D eigenvalue weighted by molar-refractivity contribution is 0.0696. The molecular formula is C20H23ClN4O3. The molecule has 0 saturated carbocycles. The summed E-state index contributed by atoms with van der Waals surface area (Å²) in [5.41, 5.74) is 1.98. The van der Waals surface area contributed by atoms with Gasteiger partial charge in [-0.3, -0.25) is 0 Å². The van der Waals surface area contributed by atoms with E-state index in [9.17, 15) is 9.59 Å². The van der Waals surface area contributed by atoms with Crippen LogP contribution in [0.1, 0.15) is 35.7 Å². The summed E-state index contributed by atoms with van der Waals surface area (Å²) in [6, 6.07) is 9.08. The molecule has 8 heteroatoms. The second-order valence-corrected chi connectivity index (χ2v) is 7.39. The second kappa shape index (κ2) is 8.48. The van der Waals surface area contributed by atoms with Crippen LogP contribution in [0, 0.1) is 0 Å². The van der Waals surface area contributed by atoms with Crippen LogP contribution >= 0.6 is 11.6 Å². The number of nitrogens with one attached hydrogen (secondary N) is 1. The van der Waals surface area contributed by atoms with E-state index in [1.807, 2.05) is 29.2 Å². The van der Waals surface area contributed by atoms with Crippen molar-refractivity contribution in [1.29, 1.82) is 0 Å². The maximum atomic E-state index is 12.7. The number of carbonyl (C=O) groups excluding carboxylic acids is 1. The standard InChI is InChI=1S/C20H23ClN4O3/c1-13(2)15-5-3-4-6-17(15)23-20(28)25-9-7-24(8-10-25)18-16(21)11-14(12-22-18)19(26)27/h3-6,11-13H,7-10H2,1-2H3,(H,23,28)(H,26,27). The lowest BCUT2D eigenvalue weighted by atomic mass is 10.0. The van der Waals surface area contributed by atoms with Gasteiger partial charge in [0.25, 0.3) is 0 Å². The SMILES string of the molecule is CC(C)c1ccccc1NC(=O)N1CCN(c2ncc(C(=O)O)cc2Cl)CC1. The summed E-state index contributed by atoms with van der Waals surface area (Å²) in [5, 5.41) is 12.3. The molecule has 3 rings (SSSR count). The number of amides is 2. The molecule has 2 amide bonds. The lowest BCUT2D eigenvalue weighted by Gasteiger charge is -2.35. The third kappa shape index (κ3) is 4.36. The smallest absolute Gasteiger partial charge is 0.337 e.